The van der Waals surface area contributed by atoms with Crippen LogP contribution in [0.1, 0.15) is 38.8 Å². The fourth-order valence-electron chi connectivity index (χ4n) is 4.81. The molecule has 4 rings (SSSR count). The van der Waals surface area contributed by atoms with Crippen molar-refractivity contribution in [1.29, 1.82) is 0 Å². The highest BCUT2D eigenvalue weighted by molar-refractivity contribution is 7.41. The van der Waals surface area contributed by atoms with E-state index in [1.165, 1.54) is 11.1 Å². The zero-order chi connectivity index (χ0) is 25.5. The Labute approximate surface area is 215 Å². The van der Waals surface area contributed by atoms with Gasteiger partial charge in [0.2, 0.25) is 0 Å². The maximum Gasteiger partial charge on any atom is 0.460 e. The zero-order valence-electron chi connectivity index (χ0n) is 21.9. The Morgan fingerprint density at radius 1 is 0.694 bits per heavy atom. The number of H-pyrrole nitrogens is 2. The van der Waals surface area contributed by atoms with Crippen molar-refractivity contribution in [3.8, 4) is 11.5 Å². The van der Waals surface area contributed by atoms with E-state index >= 15 is 0 Å². The maximum absolute atomic E-state index is 10.9. The summed E-state index contributed by atoms with van der Waals surface area (Å²) in [6.07, 6.45) is 5.91. The molecular weight excluding hydrogens is 471 g/mol. The van der Waals surface area contributed by atoms with Crippen LogP contribution in [0.15, 0.2) is 48.8 Å². The van der Waals surface area contributed by atoms with Crippen molar-refractivity contribution in [3.05, 3.63) is 59.9 Å². The summed E-state index contributed by atoms with van der Waals surface area (Å²) in [5, 5.41) is 2.02. The zero-order valence-corrected chi connectivity index (χ0v) is 22.8. The molecule has 0 atom stereocenters. The Morgan fingerprint density at radius 2 is 1.11 bits per heavy atom. The summed E-state index contributed by atoms with van der Waals surface area (Å²) in [5.74, 6) is 1.28. The minimum absolute atomic E-state index is 0.639. The third kappa shape index (κ3) is 6.04. The van der Waals surface area contributed by atoms with Crippen molar-refractivity contribution in [2.45, 2.75) is 40.5 Å². The lowest BCUT2D eigenvalue weighted by Gasteiger charge is -2.18. The van der Waals surface area contributed by atoms with Crippen molar-refractivity contribution >= 4 is 30.4 Å². The molecular formula is C28H39N4O3P. The van der Waals surface area contributed by atoms with E-state index in [9.17, 15) is 4.89 Å². The van der Waals surface area contributed by atoms with Crippen LogP contribution in [0.2, 0.25) is 0 Å². The van der Waals surface area contributed by atoms with E-state index in [0.29, 0.717) is 11.5 Å². The first-order valence-corrected chi connectivity index (χ1v) is 14.2. The lowest BCUT2D eigenvalue weighted by molar-refractivity contribution is 0.308. The van der Waals surface area contributed by atoms with E-state index in [2.05, 4.69) is 47.5 Å². The number of hydrogen-bond acceptors (Lipinski definition) is 5. The molecule has 0 saturated carbocycles. The van der Waals surface area contributed by atoms with Gasteiger partial charge in [-0.15, -0.1) is 0 Å². The van der Waals surface area contributed by atoms with Gasteiger partial charge >= 0.3 is 8.60 Å². The highest BCUT2D eigenvalue weighted by atomic mass is 31.2. The van der Waals surface area contributed by atoms with Gasteiger partial charge < -0.3 is 33.7 Å². The van der Waals surface area contributed by atoms with Crippen LogP contribution < -0.4 is 9.05 Å². The van der Waals surface area contributed by atoms with Gasteiger partial charge in [-0.1, -0.05) is 39.8 Å². The number of benzene rings is 2. The summed E-state index contributed by atoms with van der Waals surface area (Å²) >= 11 is 0. The molecule has 0 aliphatic carbocycles. The first-order chi connectivity index (χ1) is 17.6. The quantitative estimate of drug-likeness (QED) is 0.179. The Kier molecular flexibility index (Phi) is 9.27. The highest BCUT2D eigenvalue weighted by Crippen LogP contribution is 2.43. The van der Waals surface area contributed by atoms with E-state index in [4.69, 9.17) is 9.05 Å². The van der Waals surface area contributed by atoms with Crippen LogP contribution in [0, 0.1) is 0 Å². The number of fused-ring (bicyclic) bond motifs is 2. The molecule has 0 aliphatic heterocycles. The SMILES string of the molecule is CCN(CC)CCc1c[nH]c2cccc(OP(O)Oc3cccc4[nH]cc(CCN(CC)CC)c34)c12. The summed E-state index contributed by atoms with van der Waals surface area (Å²) in [7, 11) is -2.17. The van der Waals surface area contributed by atoms with Gasteiger partial charge in [0.05, 0.1) is 0 Å². The number of rotatable bonds is 14. The molecule has 2 aromatic carbocycles. The molecule has 0 unspecified atom stereocenters. The normalized spacial score (nSPS) is 12.0. The first-order valence-electron chi connectivity index (χ1n) is 13.0. The minimum Gasteiger partial charge on any atom is -0.417 e. The van der Waals surface area contributed by atoms with Crippen molar-refractivity contribution in [3.63, 3.8) is 0 Å². The van der Waals surface area contributed by atoms with Crippen LogP contribution in [0.5, 0.6) is 11.5 Å². The topological polar surface area (TPSA) is 76.7 Å². The lowest BCUT2D eigenvalue weighted by Crippen LogP contribution is -2.25. The second-order valence-corrected chi connectivity index (χ2v) is 9.80. The second kappa shape index (κ2) is 12.6. The van der Waals surface area contributed by atoms with Crippen molar-refractivity contribution in [2.75, 3.05) is 39.3 Å². The molecule has 0 spiro atoms. The molecule has 7 nitrogen and oxygen atoms in total. The fraction of sp³-hybridized carbons (Fsp3) is 0.429. The number of likely N-dealkylation sites (N-methyl/N-ethyl adjacent to an activating group) is 2. The van der Waals surface area contributed by atoms with Gasteiger partial charge in [0.25, 0.3) is 0 Å². The molecule has 8 heteroatoms. The average molecular weight is 511 g/mol. The fourth-order valence-corrected chi connectivity index (χ4v) is 5.49. The van der Waals surface area contributed by atoms with Gasteiger partial charge in [-0.25, -0.2) is 0 Å². The highest BCUT2D eigenvalue weighted by Gasteiger charge is 2.19. The van der Waals surface area contributed by atoms with E-state index in [1.807, 2.05) is 48.8 Å². The predicted octanol–water partition coefficient (Wildman–Crippen LogP) is 6.09. The molecule has 0 bridgehead atoms. The van der Waals surface area contributed by atoms with Gasteiger partial charge in [-0.3, -0.25) is 0 Å². The van der Waals surface area contributed by atoms with Crippen LogP contribution in [0.25, 0.3) is 21.8 Å². The third-order valence-corrected chi connectivity index (χ3v) is 7.74. The van der Waals surface area contributed by atoms with E-state index in [0.717, 1.165) is 73.9 Å². The van der Waals surface area contributed by atoms with Crippen LogP contribution in [0.3, 0.4) is 0 Å². The molecule has 0 amide bonds. The van der Waals surface area contributed by atoms with Gasteiger partial charge in [-0.05, 0) is 74.4 Å². The van der Waals surface area contributed by atoms with Gasteiger partial charge in [-0.2, -0.15) is 0 Å². The van der Waals surface area contributed by atoms with Crippen LogP contribution in [-0.4, -0.2) is 63.9 Å². The number of aromatic nitrogens is 2. The summed E-state index contributed by atoms with van der Waals surface area (Å²) in [6.45, 7) is 14.8. The minimum atomic E-state index is -2.17. The molecule has 2 heterocycles. The summed E-state index contributed by atoms with van der Waals surface area (Å²) in [5.41, 5.74) is 4.36. The van der Waals surface area contributed by atoms with Gasteiger partial charge in [0, 0.05) is 47.3 Å². The molecule has 0 radical (unpaired) electrons. The van der Waals surface area contributed by atoms with Crippen molar-refractivity contribution in [2.24, 2.45) is 0 Å². The largest absolute Gasteiger partial charge is 0.460 e. The Hall–Kier alpha value is -2.57. The van der Waals surface area contributed by atoms with E-state index in [-0.39, 0.29) is 0 Å². The summed E-state index contributed by atoms with van der Waals surface area (Å²) in [6, 6.07) is 11.7. The number of nitrogens with zero attached hydrogens (tertiary/aromatic N) is 2. The third-order valence-electron chi connectivity index (χ3n) is 7.03. The number of aromatic amines is 2. The van der Waals surface area contributed by atoms with Crippen molar-refractivity contribution in [1.82, 2.24) is 19.8 Å². The smallest absolute Gasteiger partial charge is 0.417 e. The standard InChI is InChI=1S/C28H39N4O3P/c1-5-31(6-2)17-15-21-19-29-23-11-9-13-25(27(21)23)34-36(33)35-26-14-10-12-24-28(26)22(20-30-24)16-18-32(7-3)8-4/h9-14,19-20,29-30,33H,5-8,15-18H2,1-4H3. The number of nitrogens with one attached hydrogen (secondary N) is 2. The summed E-state index contributed by atoms with van der Waals surface area (Å²) < 4.78 is 12.1. The Bertz CT molecular complexity index is 1150. The number of hydrogen-bond donors (Lipinski definition) is 3. The van der Waals surface area contributed by atoms with Crippen molar-refractivity contribution < 1.29 is 13.9 Å². The van der Waals surface area contributed by atoms with Crippen LogP contribution >= 0.6 is 8.60 Å². The maximum atomic E-state index is 10.9. The Balaban J connectivity index is 1.52. The average Bonchev–Trinajstić information content (AvgIpc) is 3.51. The lowest BCUT2D eigenvalue weighted by atomic mass is 10.1. The summed E-state index contributed by atoms with van der Waals surface area (Å²) in [4.78, 5) is 22.4. The Morgan fingerprint density at radius 3 is 1.50 bits per heavy atom. The molecule has 194 valence electrons. The molecule has 0 aliphatic rings. The first kappa shape index (κ1) is 26.5. The molecule has 2 aromatic heterocycles. The predicted molar refractivity (Wildman–Crippen MR) is 150 cm³/mol. The molecule has 0 saturated heterocycles. The molecule has 0 fully saturated rings. The van der Waals surface area contributed by atoms with E-state index < -0.39 is 8.60 Å². The monoisotopic (exact) mass is 510 g/mol. The molecule has 4 aromatic rings. The van der Waals surface area contributed by atoms with Crippen LogP contribution in [0.4, 0.5) is 0 Å². The molecule has 36 heavy (non-hydrogen) atoms. The van der Waals surface area contributed by atoms with Gasteiger partial charge in [0.15, 0.2) is 0 Å². The van der Waals surface area contributed by atoms with Crippen LogP contribution in [-0.2, 0) is 12.8 Å². The second-order valence-electron chi connectivity index (χ2n) is 8.96. The van der Waals surface area contributed by atoms with E-state index in [1.54, 1.807) is 0 Å². The van der Waals surface area contributed by atoms with Gasteiger partial charge in [0.1, 0.15) is 11.5 Å². The molecule has 3 N–H and O–H groups in total.